The number of hydrogen-bond donors (Lipinski definition) is 2. The molecule has 2 amide bonds. The highest BCUT2D eigenvalue weighted by molar-refractivity contribution is 7.14. The molecule has 216 valence electrons. The van der Waals surface area contributed by atoms with Gasteiger partial charge in [0.25, 0.3) is 5.91 Å². The number of aryl methyl sites for hydroxylation is 1. The summed E-state index contributed by atoms with van der Waals surface area (Å²) >= 11 is 1.49. The second-order valence-corrected chi connectivity index (χ2v) is 12.5. The molecule has 3 aliphatic rings. The van der Waals surface area contributed by atoms with Gasteiger partial charge in [0.05, 0.1) is 16.0 Å². The van der Waals surface area contributed by atoms with Gasteiger partial charge in [0.15, 0.2) is 5.82 Å². The molecular formula is C30H37N7O3S. The average molecular weight is 576 g/mol. The highest BCUT2D eigenvalue weighted by atomic mass is 32.1. The van der Waals surface area contributed by atoms with E-state index in [1.807, 2.05) is 11.8 Å². The van der Waals surface area contributed by atoms with Crippen LogP contribution < -0.4 is 5.32 Å². The number of carbonyl (C=O) groups excluding carboxylic acids is 2. The topological polar surface area (TPSA) is 115 Å². The van der Waals surface area contributed by atoms with Crippen molar-refractivity contribution < 1.29 is 14.7 Å². The zero-order valence-corrected chi connectivity index (χ0v) is 24.4. The summed E-state index contributed by atoms with van der Waals surface area (Å²) < 4.78 is 0. The number of anilines is 1. The molecule has 2 atom stereocenters. The number of piperidine rings is 2. The molecule has 2 saturated heterocycles. The van der Waals surface area contributed by atoms with Crippen LogP contribution in [0.3, 0.4) is 0 Å². The van der Waals surface area contributed by atoms with E-state index in [0.29, 0.717) is 43.4 Å². The zero-order valence-electron chi connectivity index (χ0n) is 23.6. The maximum absolute atomic E-state index is 13.8. The van der Waals surface area contributed by atoms with Crippen LogP contribution >= 0.6 is 11.3 Å². The number of rotatable bonds is 5. The fraction of sp³-hybridized carbons (Fsp3) is 0.500. The zero-order chi connectivity index (χ0) is 28.5. The number of fused-ring (bicyclic) bond motifs is 1. The van der Waals surface area contributed by atoms with Gasteiger partial charge in [-0.1, -0.05) is 24.3 Å². The number of β-amino-alcohol motifs (C(OH)–C–C–N with tert-alkyl or cyclic N) is 1. The predicted molar refractivity (Wildman–Crippen MR) is 158 cm³/mol. The molecule has 0 spiro atoms. The predicted octanol–water partition coefficient (Wildman–Crippen LogP) is 2.97. The quantitative estimate of drug-likeness (QED) is 0.477. The lowest BCUT2D eigenvalue weighted by molar-refractivity contribution is -0.129. The first-order chi connectivity index (χ1) is 19.8. The second-order valence-electron chi connectivity index (χ2n) is 11.3. The maximum atomic E-state index is 13.8. The summed E-state index contributed by atoms with van der Waals surface area (Å²) in [6, 6.07) is 10.4. The highest BCUT2D eigenvalue weighted by Gasteiger charge is 2.36. The minimum absolute atomic E-state index is 0.0200. The van der Waals surface area contributed by atoms with Crippen LogP contribution in [-0.4, -0.2) is 97.5 Å². The van der Waals surface area contributed by atoms with Crippen molar-refractivity contribution in [2.75, 3.05) is 38.0 Å². The lowest BCUT2D eigenvalue weighted by Crippen LogP contribution is -2.56. The Kier molecular flexibility index (Phi) is 8.01. The lowest BCUT2D eigenvalue weighted by atomic mass is 9.94. The Morgan fingerprint density at radius 2 is 1.78 bits per heavy atom. The molecule has 0 saturated carbocycles. The molecule has 6 rings (SSSR count). The van der Waals surface area contributed by atoms with E-state index in [-0.39, 0.29) is 30.4 Å². The van der Waals surface area contributed by atoms with E-state index >= 15 is 0 Å². The van der Waals surface area contributed by atoms with Crippen LogP contribution in [0.5, 0.6) is 0 Å². The van der Waals surface area contributed by atoms with Crippen LogP contribution in [0.4, 0.5) is 5.82 Å². The smallest absolute Gasteiger partial charge is 0.272 e. The Balaban J connectivity index is 1.17. The molecule has 5 heterocycles. The van der Waals surface area contributed by atoms with Gasteiger partial charge in [-0.15, -0.1) is 11.3 Å². The standard InChI is InChI=1S/C30H37N7O3S/c1-19-31-16-27(41-19)29-33-24(15-28(34-29)32-23-8-12-35(13-9-23)20(2)38)30(40)37-14-10-25(26(39)18-37)36-11-7-21-5-3-4-6-22(21)17-36/h3-6,15-16,23,25-26,39H,7-14,17-18H2,1-2H3,(H,32,33,34)/t25-,26-/m1/s1. The van der Waals surface area contributed by atoms with Gasteiger partial charge < -0.3 is 20.2 Å². The number of aliphatic hydroxyl groups is 1. The molecule has 2 fully saturated rings. The van der Waals surface area contributed by atoms with Gasteiger partial charge in [-0.25, -0.2) is 15.0 Å². The van der Waals surface area contributed by atoms with Crippen molar-refractivity contribution in [1.29, 1.82) is 0 Å². The van der Waals surface area contributed by atoms with Crippen molar-refractivity contribution in [3.05, 3.63) is 58.4 Å². The van der Waals surface area contributed by atoms with Gasteiger partial charge >= 0.3 is 0 Å². The number of aromatic nitrogens is 3. The molecule has 10 nitrogen and oxygen atoms in total. The third kappa shape index (κ3) is 6.12. The molecule has 3 aliphatic heterocycles. The molecule has 0 bridgehead atoms. The fourth-order valence-corrected chi connectivity index (χ4v) is 6.96. The number of hydrogen-bond acceptors (Lipinski definition) is 9. The minimum atomic E-state index is -0.632. The first kappa shape index (κ1) is 27.7. The fourth-order valence-electron chi connectivity index (χ4n) is 6.25. The van der Waals surface area contributed by atoms with Crippen LogP contribution in [0.15, 0.2) is 36.5 Å². The summed E-state index contributed by atoms with van der Waals surface area (Å²) in [5.74, 6) is 0.948. The lowest BCUT2D eigenvalue weighted by Gasteiger charge is -2.43. The number of thiazole rings is 1. The molecule has 0 aliphatic carbocycles. The van der Waals surface area contributed by atoms with E-state index in [0.717, 1.165) is 42.2 Å². The molecule has 3 aromatic rings. The molecule has 2 aromatic heterocycles. The maximum Gasteiger partial charge on any atom is 0.272 e. The Morgan fingerprint density at radius 3 is 2.49 bits per heavy atom. The second kappa shape index (κ2) is 11.8. The van der Waals surface area contributed by atoms with Gasteiger partial charge in [-0.3, -0.25) is 14.5 Å². The van der Waals surface area contributed by atoms with E-state index in [1.54, 1.807) is 24.1 Å². The first-order valence-electron chi connectivity index (χ1n) is 14.5. The van der Waals surface area contributed by atoms with Crippen LogP contribution in [0.25, 0.3) is 10.7 Å². The summed E-state index contributed by atoms with van der Waals surface area (Å²) in [6.45, 7) is 7.49. The van der Waals surface area contributed by atoms with Crippen molar-refractivity contribution in [2.45, 2.75) is 64.3 Å². The van der Waals surface area contributed by atoms with Gasteiger partial charge in [0.1, 0.15) is 11.5 Å². The monoisotopic (exact) mass is 575 g/mol. The number of nitrogens with zero attached hydrogens (tertiary/aromatic N) is 6. The summed E-state index contributed by atoms with van der Waals surface area (Å²) in [6.07, 6.45) is 4.41. The number of carbonyl (C=O) groups is 2. The van der Waals surface area contributed by atoms with Crippen molar-refractivity contribution in [3.8, 4) is 10.7 Å². The SMILES string of the molecule is CC(=O)N1CCC(Nc2cc(C(=O)N3CC[C@@H](N4CCc5ccccc5C4)[C@H](O)C3)nc(-c3cnc(C)s3)n2)CC1. The van der Waals surface area contributed by atoms with Crippen molar-refractivity contribution in [3.63, 3.8) is 0 Å². The third-order valence-electron chi connectivity index (χ3n) is 8.54. The van der Waals surface area contributed by atoms with Crippen molar-refractivity contribution in [2.24, 2.45) is 0 Å². The molecule has 1 aromatic carbocycles. The summed E-state index contributed by atoms with van der Waals surface area (Å²) in [5, 5.41) is 15.6. The summed E-state index contributed by atoms with van der Waals surface area (Å²) in [5.41, 5.74) is 3.01. The first-order valence-corrected chi connectivity index (χ1v) is 15.3. The average Bonchev–Trinajstić information content (AvgIpc) is 3.43. The number of benzene rings is 1. The molecule has 0 unspecified atom stereocenters. The molecule has 11 heteroatoms. The largest absolute Gasteiger partial charge is 0.390 e. The van der Waals surface area contributed by atoms with Crippen molar-refractivity contribution in [1.82, 2.24) is 29.7 Å². The van der Waals surface area contributed by atoms with Gasteiger partial charge in [0.2, 0.25) is 5.91 Å². The Bertz CT molecular complexity index is 1420. The minimum Gasteiger partial charge on any atom is -0.390 e. The van der Waals surface area contributed by atoms with E-state index < -0.39 is 6.10 Å². The molecular weight excluding hydrogens is 538 g/mol. The number of aliphatic hydroxyl groups excluding tert-OH is 1. The summed E-state index contributed by atoms with van der Waals surface area (Å²) in [7, 11) is 0. The highest BCUT2D eigenvalue weighted by Crippen LogP contribution is 2.28. The third-order valence-corrected chi connectivity index (χ3v) is 9.45. The number of nitrogens with one attached hydrogen (secondary N) is 1. The van der Waals surface area contributed by atoms with Gasteiger partial charge in [-0.2, -0.15) is 0 Å². The van der Waals surface area contributed by atoms with E-state index in [1.165, 1.54) is 22.5 Å². The Morgan fingerprint density at radius 1 is 1.02 bits per heavy atom. The molecule has 2 N–H and O–H groups in total. The van der Waals surface area contributed by atoms with E-state index in [2.05, 4.69) is 44.5 Å². The van der Waals surface area contributed by atoms with Gasteiger partial charge in [0, 0.05) is 70.5 Å². The normalized spacial score (nSPS) is 21.9. The van der Waals surface area contributed by atoms with Gasteiger partial charge in [-0.05, 0) is 43.7 Å². The Labute approximate surface area is 244 Å². The number of amides is 2. The Hall–Kier alpha value is -3.41. The number of likely N-dealkylation sites (tertiary alicyclic amines) is 2. The van der Waals surface area contributed by atoms with E-state index in [9.17, 15) is 14.7 Å². The van der Waals surface area contributed by atoms with Crippen LogP contribution in [0, 0.1) is 6.92 Å². The van der Waals surface area contributed by atoms with Crippen molar-refractivity contribution >= 4 is 29.0 Å². The van der Waals surface area contributed by atoms with Crippen LogP contribution in [0.1, 0.15) is 52.8 Å². The molecule has 0 radical (unpaired) electrons. The molecule has 41 heavy (non-hydrogen) atoms. The van der Waals surface area contributed by atoms with Crippen LogP contribution in [0.2, 0.25) is 0 Å². The summed E-state index contributed by atoms with van der Waals surface area (Å²) in [4.78, 5) is 46.0. The van der Waals surface area contributed by atoms with Crippen LogP contribution in [-0.2, 0) is 17.8 Å². The van der Waals surface area contributed by atoms with E-state index in [4.69, 9.17) is 4.98 Å².